The zero-order chi connectivity index (χ0) is 15.8. The third-order valence-corrected chi connectivity index (χ3v) is 3.69. The van der Waals surface area contributed by atoms with Gasteiger partial charge in [0, 0.05) is 32.7 Å². The van der Waals surface area contributed by atoms with Crippen LogP contribution < -0.4 is 20.3 Å². The van der Waals surface area contributed by atoms with Gasteiger partial charge in [0.1, 0.15) is 5.75 Å². The predicted octanol–water partition coefficient (Wildman–Crippen LogP) is 2.55. The van der Waals surface area contributed by atoms with E-state index in [4.69, 9.17) is 4.74 Å². The lowest BCUT2D eigenvalue weighted by molar-refractivity contribution is 0.242. The molecule has 0 unspecified atom stereocenters. The summed E-state index contributed by atoms with van der Waals surface area (Å²) in [6.07, 6.45) is 3.23. The molecule has 1 aromatic carbocycles. The molecule has 2 N–H and O–H groups in total. The fraction of sp³-hybridized carbons (Fsp3) is 0.556. The summed E-state index contributed by atoms with van der Waals surface area (Å²) in [6, 6.07) is 6.56. The molecule has 0 amide bonds. The second-order valence-electron chi connectivity index (χ2n) is 5.98. The van der Waals surface area contributed by atoms with E-state index in [0.717, 1.165) is 45.0 Å². The molecule has 0 aromatic heterocycles. The standard InChI is InChI=1S/C18H29N3O/c1-4-8-20-14-16-6-7-17(18(13-16)22-15(2)3)21-11-5-9-19-10-12-21/h4,6-7,13,15,19-20H,1,5,8-12,14H2,2-3H3. The van der Waals surface area contributed by atoms with Crippen LogP contribution in [-0.2, 0) is 6.54 Å². The SMILES string of the molecule is C=CCNCc1ccc(N2CCCNCC2)c(OC(C)C)c1. The van der Waals surface area contributed by atoms with Crippen molar-refractivity contribution >= 4 is 5.69 Å². The summed E-state index contributed by atoms with van der Waals surface area (Å²) in [5.74, 6) is 0.995. The molecule has 0 bridgehead atoms. The van der Waals surface area contributed by atoms with E-state index in [1.165, 1.54) is 17.7 Å². The molecule has 2 rings (SSSR count). The van der Waals surface area contributed by atoms with Crippen molar-refractivity contribution < 1.29 is 4.74 Å². The van der Waals surface area contributed by atoms with E-state index in [9.17, 15) is 0 Å². The molecule has 4 nitrogen and oxygen atoms in total. The Kier molecular flexibility index (Phi) is 6.74. The first-order valence-electron chi connectivity index (χ1n) is 8.27. The quantitative estimate of drug-likeness (QED) is 0.599. The zero-order valence-corrected chi connectivity index (χ0v) is 13.9. The van der Waals surface area contributed by atoms with Gasteiger partial charge in [-0.2, -0.15) is 0 Å². The van der Waals surface area contributed by atoms with E-state index in [-0.39, 0.29) is 6.10 Å². The highest BCUT2D eigenvalue weighted by Crippen LogP contribution is 2.31. The molecule has 1 heterocycles. The number of nitrogens with one attached hydrogen (secondary N) is 2. The number of benzene rings is 1. The number of ether oxygens (including phenoxy) is 1. The predicted molar refractivity (Wildman–Crippen MR) is 93.8 cm³/mol. The maximum atomic E-state index is 6.08. The van der Waals surface area contributed by atoms with Crippen molar-refractivity contribution in [3.63, 3.8) is 0 Å². The van der Waals surface area contributed by atoms with Crippen molar-refractivity contribution in [2.24, 2.45) is 0 Å². The van der Waals surface area contributed by atoms with Crippen LogP contribution in [0.4, 0.5) is 5.69 Å². The van der Waals surface area contributed by atoms with Gasteiger partial charge in [-0.15, -0.1) is 6.58 Å². The van der Waals surface area contributed by atoms with Gasteiger partial charge in [-0.25, -0.2) is 0 Å². The van der Waals surface area contributed by atoms with Crippen LogP contribution in [0.1, 0.15) is 25.8 Å². The van der Waals surface area contributed by atoms with Crippen LogP contribution in [0.15, 0.2) is 30.9 Å². The first kappa shape index (κ1) is 16.8. The minimum absolute atomic E-state index is 0.181. The van der Waals surface area contributed by atoms with E-state index < -0.39 is 0 Å². The van der Waals surface area contributed by atoms with E-state index in [0.29, 0.717) is 0 Å². The summed E-state index contributed by atoms with van der Waals surface area (Å²) in [5.41, 5.74) is 2.46. The average molecular weight is 303 g/mol. The van der Waals surface area contributed by atoms with Crippen molar-refractivity contribution in [2.45, 2.75) is 32.9 Å². The van der Waals surface area contributed by atoms with Crippen molar-refractivity contribution in [1.82, 2.24) is 10.6 Å². The smallest absolute Gasteiger partial charge is 0.143 e. The average Bonchev–Trinajstić information content (AvgIpc) is 2.76. The second kappa shape index (κ2) is 8.81. The van der Waals surface area contributed by atoms with Crippen LogP contribution in [0, 0.1) is 0 Å². The monoisotopic (exact) mass is 303 g/mol. The van der Waals surface area contributed by atoms with Gasteiger partial charge >= 0.3 is 0 Å². The van der Waals surface area contributed by atoms with Crippen molar-refractivity contribution in [2.75, 3.05) is 37.6 Å². The fourth-order valence-electron chi connectivity index (χ4n) is 2.68. The molecule has 122 valence electrons. The molecular weight excluding hydrogens is 274 g/mol. The zero-order valence-electron chi connectivity index (χ0n) is 13.9. The number of rotatable bonds is 7. The van der Waals surface area contributed by atoms with E-state index in [1.807, 2.05) is 6.08 Å². The molecule has 1 aliphatic heterocycles. The summed E-state index contributed by atoms with van der Waals surface area (Å²) in [6.45, 7) is 13.8. The Balaban J connectivity index is 2.17. The normalized spacial score (nSPS) is 15.7. The molecule has 22 heavy (non-hydrogen) atoms. The summed E-state index contributed by atoms with van der Waals surface area (Å²) in [4.78, 5) is 2.43. The molecule has 0 atom stereocenters. The first-order valence-corrected chi connectivity index (χ1v) is 8.27. The number of hydrogen-bond acceptors (Lipinski definition) is 4. The summed E-state index contributed by atoms with van der Waals surface area (Å²) >= 11 is 0. The number of nitrogens with zero attached hydrogens (tertiary/aromatic N) is 1. The topological polar surface area (TPSA) is 36.5 Å². The largest absolute Gasteiger partial charge is 0.489 e. The Morgan fingerprint density at radius 2 is 2.23 bits per heavy atom. The first-order chi connectivity index (χ1) is 10.7. The van der Waals surface area contributed by atoms with E-state index in [1.54, 1.807) is 0 Å². The van der Waals surface area contributed by atoms with Crippen LogP contribution in [-0.4, -0.2) is 38.8 Å². The highest BCUT2D eigenvalue weighted by molar-refractivity contribution is 5.60. The van der Waals surface area contributed by atoms with Crippen LogP contribution in [0.3, 0.4) is 0 Å². The Hall–Kier alpha value is -1.52. The third kappa shape index (κ3) is 5.04. The summed E-state index contributed by atoms with van der Waals surface area (Å²) in [7, 11) is 0. The molecule has 1 aromatic rings. The summed E-state index contributed by atoms with van der Waals surface area (Å²) in [5, 5.41) is 6.79. The maximum Gasteiger partial charge on any atom is 0.143 e. The van der Waals surface area contributed by atoms with Crippen molar-refractivity contribution in [1.29, 1.82) is 0 Å². The Morgan fingerprint density at radius 3 is 3.00 bits per heavy atom. The highest BCUT2D eigenvalue weighted by atomic mass is 16.5. The van der Waals surface area contributed by atoms with E-state index >= 15 is 0 Å². The number of anilines is 1. The minimum Gasteiger partial charge on any atom is -0.489 e. The van der Waals surface area contributed by atoms with Crippen LogP contribution >= 0.6 is 0 Å². The molecule has 0 saturated carbocycles. The van der Waals surface area contributed by atoms with Gasteiger partial charge in [0.05, 0.1) is 11.8 Å². The van der Waals surface area contributed by atoms with Gasteiger partial charge in [-0.3, -0.25) is 0 Å². The van der Waals surface area contributed by atoms with E-state index in [2.05, 4.69) is 54.2 Å². The van der Waals surface area contributed by atoms with Gasteiger partial charge in [-0.1, -0.05) is 12.1 Å². The lowest BCUT2D eigenvalue weighted by atomic mass is 10.1. The Bertz CT molecular complexity index is 465. The van der Waals surface area contributed by atoms with Gasteiger partial charge in [0.25, 0.3) is 0 Å². The van der Waals surface area contributed by atoms with Gasteiger partial charge in [0.2, 0.25) is 0 Å². The second-order valence-corrected chi connectivity index (χ2v) is 5.98. The van der Waals surface area contributed by atoms with Crippen molar-refractivity contribution in [3.05, 3.63) is 36.4 Å². The lowest BCUT2D eigenvalue weighted by Gasteiger charge is -2.26. The van der Waals surface area contributed by atoms with Gasteiger partial charge in [-0.05, 0) is 44.5 Å². The highest BCUT2D eigenvalue weighted by Gasteiger charge is 2.15. The Labute approximate surface area is 134 Å². The molecule has 0 aliphatic carbocycles. The maximum absolute atomic E-state index is 6.08. The lowest BCUT2D eigenvalue weighted by Crippen LogP contribution is -2.28. The fourth-order valence-corrected chi connectivity index (χ4v) is 2.68. The molecule has 1 saturated heterocycles. The Morgan fingerprint density at radius 1 is 1.36 bits per heavy atom. The molecular formula is C18H29N3O. The van der Waals surface area contributed by atoms with Crippen molar-refractivity contribution in [3.8, 4) is 5.75 Å². The molecule has 4 heteroatoms. The number of hydrogen-bond donors (Lipinski definition) is 2. The minimum atomic E-state index is 0.181. The third-order valence-electron chi connectivity index (χ3n) is 3.69. The van der Waals surface area contributed by atoms with Gasteiger partial charge in [0.15, 0.2) is 0 Å². The molecule has 0 radical (unpaired) electrons. The van der Waals surface area contributed by atoms with Crippen LogP contribution in [0.5, 0.6) is 5.75 Å². The van der Waals surface area contributed by atoms with Crippen LogP contribution in [0.25, 0.3) is 0 Å². The molecule has 1 fully saturated rings. The van der Waals surface area contributed by atoms with Gasteiger partial charge < -0.3 is 20.3 Å². The molecule has 0 spiro atoms. The molecule has 1 aliphatic rings. The summed E-state index contributed by atoms with van der Waals surface area (Å²) < 4.78 is 6.08. The van der Waals surface area contributed by atoms with Crippen LogP contribution in [0.2, 0.25) is 0 Å².